The first kappa shape index (κ1) is 12.2. The molecule has 0 amide bonds. The molecule has 0 aliphatic heterocycles. The molecule has 0 spiro atoms. The van der Waals surface area contributed by atoms with E-state index >= 15 is 0 Å². The summed E-state index contributed by atoms with van der Waals surface area (Å²) in [5, 5.41) is 8.90. The van der Waals surface area contributed by atoms with Crippen LogP contribution in [0.25, 0.3) is 0 Å². The quantitative estimate of drug-likeness (QED) is 0.772. The summed E-state index contributed by atoms with van der Waals surface area (Å²) in [6, 6.07) is 6.43. The average molecular weight is 222 g/mol. The third-order valence-electron chi connectivity index (χ3n) is 2.05. The molecular weight excluding hydrogens is 208 g/mol. The largest absolute Gasteiger partial charge is 0.478 e. The standard InChI is InChI=1S/C12H14O4/c1-2-7-16-11(13)8-9-5-3-4-6-10(9)12(14)15/h3-6H,2,7-8H2,1H3,(H,14,15). The molecule has 0 bridgehead atoms. The molecule has 1 aromatic rings. The number of carbonyl (C=O) groups is 2. The van der Waals surface area contributed by atoms with Gasteiger partial charge < -0.3 is 9.84 Å². The summed E-state index contributed by atoms with van der Waals surface area (Å²) in [6.45, 7) is 2.27. The highest BCUT2D eigenvalue weighted by Gasteiger charge is 2.12. The Bertz CT molecular complexity index is 384. The van der Waals surface area contributed by atoms with E-state index in [0.29, 0.717) is 12.2 Å². The van der Waals surface area contributed by atoms with Crippen molar-refractivity contribution < 1.29 is 19.4 Å². The van der Waals surface area contributed by atoms with E-state index in [1.54, 1.807) is 18.2 Å². The highest BCUT2D eigenvalue weighted by molar-refractivity contribution is 5.91. The van der Waals surface area contributed by atoms with Gasteiger partial charge in [0.05, 0.1) is 18.6 Å². The number of rotatable bonds is 5. The number of hydrogen-bond donors (Lipinski definition) is 1. The van der Waals surface area contributed by atoms with Gasteiger partial charge in [0, 0.05) is 0 Å². The Balaban J connectivity index is 2.73. The Labute approximate surface area is 93.9 Å². The minimum atomic E-state index is -1.03. The number of benzene rings is 1. The molecule has 0 fully saturated rings. The Morgan fingerprint density at radius 2 is 2.00 bits per heavy atom. The number of carboxylic acid groups (broad SMARTS) is 1. The lowest BCUT2D eigenvalue weighted by molar-refractivity contribution is -0.142. The SMILES string of the molecule is CCCOC(=O)Cc1ccccc1C(=O)O. The molecular formula is C12H14O4. The van der Waals surface area contributed by atoms with Crippen LogP contribution < -0.4 is 0 Å². The summed E-state index contributed by atoms with van der Waals surface area (Å²) in [6.07, 6.45) is 0.759. The van der Waals surface area contributed by atoms with Crippen LogP contribution in [0.4, 0.5) is 0 Å². The molecule has 86 valence electrons. The molecule has 0 aliphatic carbocycles. The molecule has 0 saturated carbocycles. The van der Waals surface area contributed by atoms with E-state index in [-0.39, 0.29) is 12.0 Å². The van der Waals surface area contributed by atoms with Gasteiger partial charge in [-0.3, -0.25) is 4.79 Å². The van der Waals surface area contributed by atoms with Crippen molar-refractivity contribution in [3.05, 3.63) is 35.4 Å². The summed E-state index contributed by atoms with van der Waals surface area (Å²) in [5.41, 5.74) is 0.632. The first-order valence-electron chi connectivity index (χ1n) is 5.12. The highest BCUT2D eigenvalue weighted by atomic mass is 16.5. The molecule has 0 saturated heterocycles. The molecule has 0 aromatic heterocycles. The van der Waals surface area contributed by atoms with Crippen LogP contribution in [0.5, 0.6) is 0 Å². The summed E-state index contributed by atoms with van der Waals surface area (Å²) >= 11 is 0. The Morgan fingerprint density at radius 3 is 2.62 bits per heavy atom. The minimum absolute atomic E-state index is 0.00245. The van der Waals surface area contributed by atoms with Crippen LogP contribution in [0.2, 0.25) is 0 Å². The maximum atomic E-state index is 11.3. The summed E-state index contributed by atoms with van der Waals surface area (Å²) in [4.78, 5) is 22.2. The van der Waals surface area contributed by atoms with Crippen molar-refractivity contribution in [1.82, 2.24) is 0 Å². The van der Waals surface area contributed by atoms with Gasteiger partial charge in [-0.15, -0.1) is 0 Å². The lowest BCUT2D eigenvalue weighted by atomic mass is 10.1. The second kappa shape index (κ2) is 5.90. The van der Waals surface area contributed by atoms with Crippen molar-refractivity contribution in [2.75, 3.05) is 6.61 Å². The molecule has 16 heavy (non-hydrogen) atoms. The van der Waals surface area contributed by atoms with Crippen molar-refractivity contribution in [3.63, 3.8) is 0 Å². The Morgan fingerprint density at radius 1 is 1.31 bits per heavy atom. The van der Waals surface area contributed by atoms with E-state index in [9.17, 15) is 9.59 Å². The van der Waals surface area contributed by atoms with Crippen LogP contribution in [0.3, 0.4) is 0 Å². The lowest BCUT2D eigenvalue weighted by Gasteiger charge is -2.05. The van der Waals surface area contributed by atoms with Crippen LogP contribution >= 0.6 is 0 Å². The van der Waals surface area contributed by atoms with Gasteiger partial charge >= 0.3 is 11.9 Å². The molecule has 0 aliphatic rings. The van der Waals surface area contributed by atoms with Gasteiger partial charge in [0.15, 0.2) is 0 Å². The molecule has 1 aromatic carbocycles. The van der Waals surface area contributed by atoms with Gasteiger partial charge in [-0.25, -0.2) is 4.79 Å². The fraction of sp³-hybridized carbons (Fsp3) is 0.333. The molecule has 0 atom stereocenters. The van der Waals surface area contributed by atoms with Crippen LogP contribution in [0.1, 0.15) is 29.3 Å². The zero-order valence-corrected chi connectivity index (χ0v) is 9.10. The molecule has 0 heterocycles. The summed E-state index contributed by atoms with van der Waals surface area (Å²) < 4.78 is 4.90. The number of ether oxygens (including phenoxy) is 1. The molecule has 0 unspecified atom stereocenters. The minimum Gasteiger partial charge on any atom is -0.478 e. The first-order chi connectivity index (χ1) is 7.65. The van der Waals surface area contributed by atoms with Crippen molar-refractivity contribution in [3.8, 4) is 0 Å². The van der Waals surface area contributed by atoms with Gasteiger partial charge in [0.1, 0.15) is 0 Å². The van der Waals surface area contributed by atoms with Crippen LogP contribution in [-0.4, -0.2) is 23.7 Å². The summed E-state index contributed by atoms with van der Waals surface area (Å²) in [7, 11) is 0. The van der Waals surface area contributed by atoms with Crippen molar-refractivity contribution in [2.45, 2.75) is 19.8 Å². The zero-order chi connectivity index (χ0) is 12.0. The second-order valence-corrected chi connectivity index (χ2v) is 3.36. The average Bonchev–Trinajstić information content (AvgIpc) is 2.27. The predicted octanol–water partition coefficient (Wildman–Crippen LogP) is 1.88. The first-order valence-corrected chi connectivity index (χ1v) is 5.12. The van der Waals surface area contributed by atoms with Crippen LogP contribution in [-0.2, 0) is 16.0 Å². The van der Waals surface area contributed by atoms with E-state index in [0.717, 1.165) is 6.42 Å². The second-order valence-electron chi connectivity index (χ2n) is 3.36. The fourth-order valence-corrected chi connectivity index (χ4v) is 1.31. The van der Waals surface area contributed by atoms with Gasteiger partial charge in [0.2, 0.25) is 0 Å². The van der Waals surface area contributed by atoms with Crippen LogP contribution in [0.15, 0.2) is 24.3 Å². The van der Waals surface area contributed by atoms with Crippen molar-refractivity contribution >= 4 is 11.9 Å². The van der Waals surface area contributed by atoms with E-state index in [1.807, 2.05) is 6.92 Å². The molecule has 4 heteroatoms. The Hall–Kier alpha value is -1.84. The molecule has 0 radical (unpaired) electrons. The smallest absolute Gasteiger partial charge is 0.335 e. The van der Waals surface area contributed by atoms with E-state index in [2.05, 4.69) is 0 Å². The number of aromatic carboxylic acids is 1. The van der Waals surface area contributed by atoms with Crippen molar-refractivity contribution in [1.29, 1.82) is 0 Å². The van der Waals surface area contributed by atoms with Gasteiger partial charge in [-0.1, -0.05) is 25.1 Å². The molecule has 1 N–H and O–H groups in total. The number of carbonyl (C=O) groups excluding carboxylic acids is 1. The monoisotopic (exact) mass is 222 g/mol. The van der Waals surface area contributed by atoms with E-state index in [1.165, 1.54) is 6.07 Å². The Kier molecular flexibility index (Phi) is 4.51. The topological polar surface area (TPSA) is 63.6 Å². The normalized spacial score (nSPS) is 9.81. The number of hydrogen-bond acceptors (Lipinski definition) is 3. The van der Waals surface area contributed by atoms with E-state index in [4.69, 9.17) is 9.84 Å². The maximum Gasteiger partial charge on any atom is 0.335 e. The van der Waals surface area contributed by atoms with Crippen molar-refractivity contribution in [2.24, 2.45) is 0 Å². The number of carboxylic acids is 1. The highest BCUT2D eigenvalue weighted by Crippen LogP contribution is 2.10. The van der Waals surface area contributed by atoms with Gasteiger partial charge in [-0.2, -0.15) is 0 Å². The van der Waals surface area contributed by atoms with Crippen LogP contribution in [0, 0.1) is 0 Å². The zero-order valence-electron chi connectivity index (χ0n) is 9.10. The molecule has 4 nitrogen and oxygen atoms in total. The third kappa shape index (κ3) is 3.38. The van der Waals surface area contributed by atoms with Gasteiger partial charge in [-0.05, 0) is 18.1 Å². The van der Waals surface area contributed by atoms with Gasteiger partial charge in [0.25, 0.3) is 0 Å². The maximum absolute atomic E-state index is 11.3. The number of esters is 1. The summed E-state index contributed by atoms with van der Waals surface area (Å²) in [5.74, 6) is -1.42. The van der Waals surface area contributed by atoms with E-state index < -0.39 is 11.9 Å². The lowest BCUT2D eigenvalue weighted by Crippen LogP contribution is -2.11. The fourth-order valence-electron chi connectivity index (χ4n) is 1.31. The third-order valence-corrected chi connectivity index (χ3v) is 2.05. The predicted molar refractivity (Wildman–Crippen MR) is 58.4 cm³/mol. The molecule has 1 rings (SSSR count).